The van der Waals surface area contributed by atoms with Crippen molar-refractivity contribution < 1.29 is 24.2 Å². The van der Waals surface area contributed by atoms with E-state index >= 15 is 0 Å². The predicted octanol–water partition coefficient (Wildman–Crippen LogP) is 1.75. The first-order valence-corrected chi connectivity index (χ1v) is 13.5. The molecule has 0 radical (unpaired) electrons. The van der Waals surface area contributed by atoms with Gasteiger partial charge in [-0.15, -0.1) is 0 Å². The molecule has 7 rings (SSSR count). The predicted molar refractivity (Wildman–Crippen MR) is 136 cm³/mol. The lowest BCUT2D eigenvalue weighted by atomic mass is 9.74. The second-order valence-corrected chi connectivity index (χ2v) is 11.0. The van der Waals surface area contributed by atoms with Gasteiger partial charge in [0.1, 0.15) is 22.7 Å². The highest BCUT2D eigenvalue weighted by Gasteiger charge is 2.46. The van der Waals surface area contributed by atoms with Crippen LogP contribution in [0.25, 0.3) is 10.9 Å². The van der Waals surface area contributed by atoms with Crippen molar-refractivity contribution >= 4 is 28.6 Å². The van der Waals surface area contributed by atoms with Crippen LogP contribution in [0.4, 0.5) is 0 Å². The molecule has 9 nitrogen and oxygen atoms in total. The van der Waals surface area contributed by atoms with Crippen molar-refractivity contribution in [2.45, 2.75) is 63.7 Å². The quantitative estimate of drug-likeness (QED) is 0.535. The van der Waals surface area contributed by atoms with Gasteiger partial charge < -0.3 is 9.64 Å². The number of carbonyl (C=O) groups excluding carboxylic acids is 3. The number of nitrogens with one attached hydrogen (secondary N) is 1. The molecule has 1 unspecified atom stereocenters. The van der Waals surface area contributed by atoms with Crippen LogP contribution < -0.4 is 15.2 Å². The van der Waals surface area contributed by atoms with E-state index in [0.717, 1.165) is 61.2 Å². The van der Waals surface area contributed by atoms with Gasteiger partial charge in [0.15, 0.2) is 0 Å². The summed E-state index contributed by atoms with van der Waals surface area (Å²) in [7, 11) is 0. The van der Waals surface area contributed by atoms with E-state index in [9.17, 15) is 14.4 Å². The van der Waals surface area contributed by atoms with E-state index in [2.05, 4.69) is 52.7 Å². The molecule has 2 fully saturated rings. The van der Waals surface area contributed by atoms with E-state index in [1.54, 1.807) is 4.90 Å². The number of rotatable bonds is 4. The van der Waals surface area contributed by atoms with Crippen molar-refractivity contribution in [3.8, 4) is 5.75 Å². The Hall–Kier alpha value is -3.90. The normalized spacial score (nSPS) is 22.4. The first kappa shape index (κ1) is 23.2. The van der Waals surface area contributed by atoms with Gasteiger partial charge in [0, 0.05) is 36.1 Å². The maximum absolute atomic E-state index is 13.2. The Labute approximate surface area is 220 Å². The summed E-state index contributed by atoms with van der Waals surface area (Å²) in [6.07, 6.45) is 5.69. The maximum Gasteiger partial charge on any atom is 0.360 e. The Morgan fingerprint density at radius 3 is 2.79 bits per heavy atom. The van der Waals surface area contributed by atoms with Gasteiger partial charge in [-0.1, -0.05) is 6.07 Å². The van der Waals surface area contributed by atoms with Gasteiger partial charge in [0.05, 0.1) is 18.3 Å². The summed E-state index contributed by atoms with van der Waals surface area (Å²) in [5.74, 6) is -0.0185. The number of aryl methyl sites for hydroxylation is 1. The highest BCUT2D eigenvalue weighted by molar-refractivity contribution is 6.05. The molecule has 38 heavy (non-hydrogen) atoms. The fourth-order valence-electron chi connectivity index (χ4n) is 6.63. The number of imide groups is 1. The van der Waals surface area contributed by atoms with Crippen molar-refractivity contribution in [2.75, 3.05) is 19.7 Å². The number of aromatic nitrogens is 2. The molecule has 9 heteroatoms. The van der Waals surface area contributed by atoms with Crippen molar-refractivity contribution in [1.29, 1.82) is 0 Å². The van der Waals surface area contributed by atoms with Gasteiger partial charge in [0.2, 0.25) is 11.8 Å². The summed E-state index contributed by atoms with van der Waals surface area (Å²) >= 11 is 0. The number of fused-ring (bicyclic) bond motifs is 4. The zero-order valence-electron chi connectivity index (χ0n) is 21.5. The minimum absolute atomic E-state index is 0.0499. The third-order valence-electron chi connectivity index (χ3n) is 8.85. The summed E-state index contributed by atoms with van der Waals surface area (Å²) in [4.78, 5) is 41.3. The lowest BCUT2D eigenvalue weighted by Crippen LogP contribution is -2.52. The number of hydrogen-bond acceptors (Lipinski definition) is 5. The van der Waals surface area contributed by atoms with Crippen molar-refractivity contribution in [3.05, 3.63) is 58.8 Å². The van der Waals surface area contributed by atoms with Gasteiger partial charge in [-0.05, 0) is 79.3 Å². The van der Waals surface area contributed by atoms with Crippen LogP contribution in [-0.2, 0) is 34.6 Å². The molecule has 2 aromatic carbocycles. The monoisotopic (exact) mass is 512 g/mol. The maximum atomic E-state index is 13.2. The third kappa shape index (κ3) is 3.58. The molecule has 0 saturated carbocycles. The summed E-state index contributed by atoms with van der Waals surface area (Å²) in [6, 6.07) is 9.93. The second-order valence-electron chi connectivity index (χ2n) is 11.0. The van der Waals surface area contributed by atoms with Gasteiger partial charge in [-0.25, -0.2) is 0 Å². The van der Waals surface area contributed by atoms with Crippen LogP contribution in [0.2, 0.25) is 0 Å². The Kier molecular flexibility index (Phi) is 5.24. The van der Waals surface area contributed by atoms with Crippen LogP contribution in [0.15, 0.2) is 30.3 Å². The van der Waals surface area contributed by atoms with Gasteiger partial charge in [-0.2, -0.15) is 0 Å². The number of nitrogens with zero attached hydrogens (tertiary/aromatic N) is 4. The number of hydrogen-bond donors (Lipinski definition) is 1. The lowest BCUT2D eigenvalue weighted by molar-refractivity contribution is -0.413. The molecule has 1 N–H and O–H groups in total. The van der Waals surface area contributed by atoms with Crippen LogP contribution in [0.5, 0.6) is 5.75 Å². The van der Waals surface area contributed by atoms with Gasteiger partial charge >= 0.3 is 6.20 Å². The standard InChI is InChI=1S/C29H29N5O4/c1-2-34-24-11-18(3-4-19(24)14-30-34)15-32-9-7-29(8-10-32)17-38-25-13-21-20(12-22(25)29)16-33(28(21)37)23-5-6-26(35)31-27(23)36/h3-4,11-13,23H,2,5-10,15-17H2,1H3/p+1. The molecule has 2 saturated heterocycles. The van der Waals surface area contributed by atoms with Crippen LogP contribution in [-0.4, -0.2) is 57.9 Å². The first-order chi connectivity index (χ1) is 18.4. The highest BCUT2D eigenvalue weighted by atomic mass is 16.5. The average Bonchev–Trinajstić information content (AvgIpc) is 3.58. The van der Waals surface area contributed by atoms with Gasteiger partial charge in [-0.3, -0.25) is 24.6 Å². The fraction of sp³-hybridized carbons (Fsp3) is 0.448. The second kappa shape index (κ2) is 8.57. The summed E-state index contributed by atoms with van der Waals surface area (Å²) < 4.78 is 8.16. The van der Waals surface area contributed by atoms with Crippen LogP contribution >= 0.6 is 0 Å². The largest absolute Gasteiger partial charge is 0.492 e. The Morgan fingerprint density at radius 2 is 2.00 bits per heavy atom. The third-order valence-corrected chi connectivity index (χ3v) is 8.85. The van der Waals surface area contributed by atoms with E-state index in [1.165, 1.54) is 11.1 Å². The molecule has 1 atom stereocenters. The zero-order chi connectivity index (χ0) is 26.0. The molecule has 4 aliphatic rings. The number of amides is 3. The minimum atomic E-state index is -0.603. The van der Waals surface area contributed by atoms with Crippen molar-refractivity contribution in [3.63, 3.8) is 0 Å². The molecule has 0 bridgehead atoms. The number of likely N-dealkylation sites (tertiary alicyclic amines) is 1. The number of piperidine rings is 2. The van der Waals surface area contributed by atoms with Crippen molar-refractivity contribution in [1.82, 2.24) is 19.8 Å². The summed E-state index contributed by atoms with van der Waals surface area (Å²) in [6.45, 7) is 6.79. The first-order valence-electron chi connectivity index (χ1n) is 13.5. The molecule has 1 spiro atoms. The Morgan fingerprint density at radius 1 is 1.16 bits per heavy atom. The van der Waals surface area contributed by atoms with Crippen LogP contribution in [0.1, 0.15) is 59.7 Å². The molecule has 5 heterocycles. The number of benzene rings is 2. The molecule has 3 aromatic rings. The number of carbonyl (C=O) groups is 3. The smallest absolute Gasteiger partial charge is 0.360 e. The van der Waals surface area contributed by atoms with Crippen LogP contribution in [0.3, 0.4) is 0 Å². The average molecular weight is 513 g/mol. The SMILES string of the molecule is CCn1[n+]#cc2ccc(CN3CCC4(CC3)COc3cc5c(cc34)CN(C3CCC(=O)NC3=O)C5=O)cc21. The molecule has 194 valence electrons. The summed E-state index contributed by atoms with van der Waals surface area (Å²) in [5.41, 5.74) is 5.12. The van der Waals surface area contributed by atoms with E-state index in [-0.39, 0.29) is 29.6 Å². The van der Waals surface area contributed by atoms with E-state index in [0.29, 0.717) is 25.1 Å². The minimum Gasteiger partial charge on any atom is -0.492 e. The zero-order valence-corrected chi connectivity index (χ0v) is 21.5. The molecule has 3 amide bonds. The van der Waals surface area contributed by atoms with Crippen molar-refractivity contribution in [2.24, 2.45) is 0 Å². The molecule has 1 aromatic heterocycles. The number of ether oxygens (including phenoxy) is 1. The van der Waals surface area contributed by atoms with Crippen LogP contribution in [0, 0.1) is 6.20 Å². The summed E-state index contributed by atoms with van der Waals surface area (Å²) in [5, 5.41) is 7.77. The topological polar surface area (TPSA) is 98.0 Å². The fourth-order valence-corrected chi connectivity index (χ4v) is 6.63. The molecular formula is C29H30N5O4+. The van der Waals surface area contributed by atoms with Gasteiger partial charge in [0.25, 0.3) is 5.91 Å². The van der Waals surface area contributed by atoms with E-state index < -0.39 is 6.04 Å². The molecule has 0 aliphatic carbocycles. The van der Waals surface area contributed by atoms with E-state index in [1.807, 2.05) is 10.7 Å². The van der Waals surface area contributed by atoms with E-state index in [4.69, 9.17) is 4.74 Å². The Bertz CT molecular complexity index is 1490. The Balaban J connectivity index is 1.07. The highest BCUT2D eigenvalue weighted by Crippen LogP contribution is 2.48. The lowest BCUT2D eigenvalue weighted by Gasteiger charge is -2.38. The molecule has 4 aliphatic heterocycles. The molecular weight excluding hydrogens is 482 g/mol.